The zero-order chi connectivity index (χ0) is 23.4. The molecule has 0 aliphatic carbocycles. The van der Waals surface area contributed by atoms with Gasteiger partial charge in [0.05, 0.1) is 29.9 Å². The number of rotatable bonds is 8. The third-order valence-electron chi connectivity index (χ3n) is 5.49. The molecule has 33 heavy (non-hydrogen) atoms. The number of hydrogen-bond acceptors (Lipinski definition) is 6. The van der Waals surface area contributed by atoms with Gasteiger partial charge in [-0.25, -0.2) is 5.01 Å². The van der Waals surface area contributed by atoms with Crippen molar-refractivity contribution < 1.29 is 14.0 Å². The fraction of sp³-hybridized carbons (Fsp3) is 0.292. The van der Waals surface area contributed by atoms with E-state index >= 15 is 0 Å². The molecule has 0 saturated heterocycles. The first kappa shape index (κ1) is 23.2. The molecule has 1 N–H and O–H groups in total. The summed E-state index contributed by atoms with van der Waals surface area (Å²) in [5, 5.41) is 11.6. The minimum Gasteiger partial charge on any atom is -0.467 e. The summed E-state index contributed by atoms with van der Waals surface area (Å²) in [6.07, 6.45) is 2.18. The molecule has 0 saturated carbocycles. The molecular weight excluding hydrogens is 460 g/mol. The molecule has 1 aliphatic rings. The van der Waals surface area contributed by atoms with E-state index in [1.807, 2.05) is 49.6 Å². The Kier molecular flexibility index (Phi) is 7.27. The van der Waals surface area contributed by atoms with E-state index < -0.39 is 0 Å². The van der Waals surface area contributed by atoms with Gasteiger partial charge in [-0.1, -0.05) is 30.7 Å². The van der Waals surface area contributed by atoms with E-state index in [-0.39, 0.29) is 30.9 Å². The predicted octanol–water partition coefficient (Wildman–Crippen LogP) is 4.94. The third kappa shape index (κ3) is 5.52. The van der Waals surface area contributed by atoms with Gasteiger partial charge >= 0.3 is 0 Å². The molecule has 0 fully saturated rings. The summed E-state index contributed by atoms with van der Waals surface area (Å²) in [7, 11) is 0. The smallest absolute Gasteiger partial charge is 0.257 e. The van der Waals surface area contributed by atoms with Gasteiger partial charge in [-0.15, -0.1) is 11.3 Å². The van der Waals surface area contributed by atoms with Crippen molar-refractivity contribution in [1.29, 1.82) is 0 Å². The van der Waals surface area contributed by atoms with Crippen molar-refractivity contribution >= 4 is 46.2 Å². The van der Waals surface area contributed by atoms with Crippen LogP contribution in [-0.2, 0) is 9.59 Å². The minimum atomic E-state index is -0.300. The van der Waals surface area contributed by atoms with Crippen LogP contribution in [0.5, 0.6) is 0 Å². The van der Waals surface area contributed by atoms with Crippen molar-refractivity contribution in [2.24, 2.45) is 5.10 Å². The molecule has 4 rings (SSSR count). The van der Waals surface area contributed by atoms with E-state index in [0.717, 1.165) is 16.2 Å². The van der Waals surface area contributed by atoms with E-state index in [2.05, 4.69) is 10.4 Å². The molecule has 1 atom stereocenters. The van der Waals surface area contributed by atoms with Crippen LogP contribution in [-0.4, -0.2) is 47.1 Å². The van der Waals surface area contributed by atoms with Gasteiger partial charge in [0.2, 0.25) is 5.91 Å². The average molecular weight is 485 g/mol. The largest absolute Gasteiger partial charge is 0.467 e. The van der Waals surface area contributed by atoms with Crippen LogP contribution in [0.1, 0.15) is 35.6 Å². The van der Waals surface area contributed by atoms with Crippen LogP contribution in [0.25, 0.3) is 0 Å². The van der Waals surface area contributed by atoms with Crippen molar-refractivity contribution in [2.45, 2.75) is 26.3 Å². The number of furan rings is 1. The van der Waals surface area contributed by atoms with Gasteiger partial charge in [-0.3, -0.25) is 14.5 Å². The van der Waals surface area contributed by atoms with Crippen molar-refractivity contribution in [3.63, 3.8) is 0 Å². The minimum absolute atomic E-state index is 0.0663. The molecule has 1 unspecified atom stereocenters. The number of amides is 2. The second kappa shape index (κ2) is 10.3. The topological polar surface area (TPSA) is 78.2 Å². The van der Waals surface area contributed by atoms with Crippen LogP contribution in [0.15, 0.2) is 63.6 Å². The highest BCUT2D eigenvalue weighted by Gasteiger charge is 2.35. The highest BCUT2D eigenvalue weighted by Crippen LogP contribution is 2.34. The normalized spacial score (nSPS) is 15.7. The van der Waals surface area contributed by atoms with E-state index in [4.69, 9.17) is 16.0 Å². The third-order valence-corrected chi connectivity index (χ3v) is 6.64. The van der Waals surface area contributed by atoms with Gasteiger partial charge < -0.3 is 9.73 Å². The molecular formula is C24H25ClN4O3S. The van der Waals surface area contributed by atoms with Gasteiger partial charge in [0, 0.05) is 17.1 Å². The summed E-state index contributed by atoms with van der Waals surface area (Å²) >= 11 is 7.64. The SMILES string of the molecule is CCN(CC(=O)Nc1cc(Cl)ccc1C)CC(=O)N1N=C(c2cccs2)CC1c1ccco1. The molecule has 2 aromatic heterocycles. The second-order valence-corrected chi connectivity index (χ2v) is 9.19. The van der Waals surface area contributed by atoms with Crippen molar-refractivity contribution in [3.05, 3.63) is 75.3 Å². The molecule has 3 heterocycles. The van der Waals surface area contributed by atoms with E-state index in [9.17, 15) is 9.59 Å². The number of likely N-dealkylation sites (N-methyl/N-ethyl adjacent to an activating group) is 1. The number of hydrazone groups is 1. The Morgan fingerprint density at radius 2 is 2.12 bits per heavy atom. The molecule has 172 valence electrons. The summed E-state index contributed by atoms with van der Waals surface area (Å²) in [5.74, 6) is 0.300. The molecule has 7 nitrogen and oxygen atoms in total. The zero-order valence-electron chi connectivity index (χ0n) is 18.5. The number of hydrogen-bond donors (Lipinski definition) is 1. The fourth-order valence-corrected chi connectivity index (χ4v) is 4.59. The number of nitrogens with zero attached hydrogens (tertiary/aromatic N) is 3. The first-order valence-electron chi connectivity index (χ1n) is 10.7. The van der Waals surface area contributed by atoms with E-state index in [1.54, 1.807) is 34.6 Å². The maximum atomic E-state index is 13.3. The molecule has 9 heteroatoms. The quantitative estimate of drug-likeness (QED) is 0.491. The maximum absolute atomic E-state index is 13.3. The van der Waals surface area contributed by atoms with E-state index in [0.29, 0.717) is 29.4 Å². The molecule has 0 spiro atoms. The number of halogens is 1. The number of benzene rings is 1. The van der Waals surface area contributed by atoms with Gasteiger partial charge in [0.1, 0.15) is 11.8 Å². The predicted molar refractivity (Wildman–Crippen MR) is 131 cm³/mol. The summed E-state index contributed by atoms with van der Waals surface area (Å²) < 4.78 is 5.59. The Bertz CT molecular complexity index is 1140. The first-order valence-corrected chi connectivity index (χ1v) is 12.0. The van der Waals surface area contributed by atoms with Crippen LogP contribution in [0.3, 0.4) is 0 Å². The lowest BCUT2D eigenvalue weighted by Gasteiger charge is -2.24. The molecule has 1 aromatic carbocycles. The van der Waals surface area contributed by atoms with Crippen molar-refractivity contribution in [3.8, 4) is 0 Å². The number of carbonyl (C=O) groups is 2. The Morgan fingerprint density at radius 1 is 1.27 bits per heavy atom. The summed E-state index contributed by atoms with van der Waals surface area (Å²) in [4.78, 5) is 28.7. The lowest BCUT2D eigenvalue weighted by atomic mass is 10.1. The Balaban J connectivity index is 1.45. The molecule has 3 aromatic rings. The highest BCUT2D eigenvalue weighted by molar-refractivity contribution is 7.12. The fourth-order valence-electron chi connectivity index (χ4n) is 3.70. The Hall–Kier alpha value is -2.94. The van der Waals surface area contributed by atoms with Gasteiger partial charge in [0.15, 0.2) is 0 Å². The number of carbonyl (C=O) groups excluding carboxylic acids is 2. The van der Waals surface area contributed by atoms with Crippen LogP contribution in [0, 0.1) is 6.92 Å². The highest BCUT2D eigenvalue weighted by atomic mass is 35.5. The molecule has 0 bridgehead atoms. The number of nitrogens with one attached hydrogen (secondary N) is 1. The zero-order valence-corrected chi connectivity index (χ0v) is 20.0. The summed E-state index contributed by atoms with van der Waals surface area (Å²) in [6.45, 7) is 4.50. The molecule has 1 aliphatic heterocycles. The lowest BCUT2D eigenvalue weighted by Crippen LogP contribution is -2.41. The summed E-state index contributed by atoms with van der Waals surface area (Å²) in [6, 6.07) is 12.7. The summed E-state index contributed by atoms with van der Waals surface area (Å²) in [5.41, 5.74) is 2.44. The maximum Gasteiger partial charge on any atom is 0.257 e. The second-order valence-electron chi connectivity index (χ2n) is 7.81. The molecule has 0 radical (unpaired) electrons. The van der Waals surface area contributed by atoms with Crippen molar-refractivity contribution in [1.82, 2.24) is 9.91 Å². The van der Waals surface area contributed by atoms with E-state index in [1.165, 1.54) is 5.01 Å². The monoisotopic (exact) mass is 484 g/mol. The van der Waals surface area contributed by atoms with Gasteiger partial charge in [-0.05, 0) is 54.7 Å². The van der Waals surface area contributed by atoms with Gasteiger partial charge in [0.25, 0.3) is 5.91 Å². The first-order chi connectivity index (χ1) is 15.9. The van der Waals surface area contributed by atoms with Crippen LogP contribution in [0.4, 0.5) is 5.69 Å². The van der Waals surface area contributed by atoms with Gasteiger partial charge in [-0.2, -0.15) is 5.10 Å². The standard InChI is InChI=1S/C24H25ClN4O3S/c1-3-28(14-23(30)26-18-12-17(25)9-8-16(18)2)15-24(31)29-20(21-6-4-10-32-21)13-19(27-29)22-7-5-11-33-22/h4-12,20H,3,13-15H2,1-2H3,(H,26,30). The molecule has 2 amide bonds. The van der Waals surface area contributed by atoms with Crippen LogP contribution < -0.4 is 5.32 Å². The Labute approximate surface area is 201 Å². The Morgan fingerprint density at radius 3 is 2.82 bits per heavy atom. The number of anilines is 1. The van der Waals surface area contributed by atoms with Crippen LogP contribution >= 0.6 is 22.9 Å². The average Bonchev–Trinajstić information content (AvgIpc) is 3.55. The van der Waals surface area contributed by atoms with Crippen molar-refractivity contribution in [2.75, 3.05) is 25.0 Å². The van der Waals surface area contributed by atoms with Crippen LogP contribution in [0.2, 0.25) is 5.02 Å². The number of aryl methyl sites for hydroxylation is 1. The lowest BCUT2D eigenvalue weighted by molar-refractivity contribution is -0.134. The number of thiophene rings is 1.